The number of aliphatic carboxylic acids is 1. The molecule has 106 valence electrons. The lowest BCUT2D eigenvalue weighted by atomic mass is 10.2. The molecule has 1 aliphatic carbocycles. The number of rotatable bonds is 8. The minimum absolute atomic E-state index is 0. The van der Waals surface area contributed by atoms with Crippen LogP contribution < -0.4 is 0 Å². The first-order chi connectivity index (χ1) is 8.75. The van der Waals surface area contributed by atoms with E-state index < -0.39 is 5.97 Å². The van der Waals surface area contributed by atoms with Crippen LogP contribution in [0, 0.1) is 0 Å². The molecule has 19 heavy (non-hydrogen) atoms. The van der Waals surface area contributed by atoms with E-state index in [1.807, 2.05) is 6.07 Å². The van der Waals surface area contributed by atoms with E-state index in [9.17, 15) is 4.79 Å². The van der Waals surface area contributed by atoms with Gasteiger partial charge in [0.25, 0.3) is 0 Å². The van der Waals surface area contributed by atoms with Crippen LogP contribution in [0.1, 0.15) is 37.7 Å². The van der Waals surface area contributed by atoms with Crippen LogP contribution in [0.4, 0.5) is 0 Å². The van der Waals surface area contributed by atoms with Crippen molar-refractivity contribution < 1.29 is 9.90 Å². The third kappa shape index (κ3) is 6.08. The fourth-order valence-electron chi connectivity index (χ4n) is 2.24. The lowest BCUT2D eigenvalue weighted by Crippen LogP contribution is -2.26. The fraction of sp³-hybridized carbons (Fsp3) is 0.533. The molecule has 0 amide bonds. The lowest BCUT2D eigenvalue weighted by molar-refractivity contribution is -0.137. The molecule has 0 bridgehead atoms. The highest BCUT2D eigenvalue weighted by Crippen LogP contribution is 2.28. The second-order valence-corrected chi connectivity index (χ2v) is 5.04. The fourth-order valence-corrected chi connectivity index (χ4v) is 2.24. The first kappa shape index (κ1) is 16.0. The van der Waals surface area contributed by atoms with Gasteiger partial charge in [-0.1, -0.05) is 30.3 Å². The molecule has 0 heterocycles. The Morgan fingerprint density at radius 3 is 2.47 bits per heavy atom. The van der Waals surface area contributed by atoms with E-state index in [-0.39, 0.29) is 12.4 Å². The van der Waals surface area contributed by atoms with Crippen molar-refractivity contribution in [1.29, 1.82) is 0 Å². The van der Waals surface area contributed by atoms with Crippen molar-refractivity contribution in [3.63, 3.8) is 0 Å². The highest BCUT2D eigenvalue weighted by Gasteiger charge is 2.28. The maximum atomic E-state index is 10.5. The molecule has 2 rings (SSSR count). The van der Waals surface area contributed by atoms with Gasteiger partial charge >= 0.3 is 5.97 Å². The molecular formula is C15H22ClNO2. The first-order valence-electron chi connectivity index (χ1n) is 6.75. The first-order valence-corrected chi connectivity index (χ1v) is 6.75. The number of carboxylic acids is 1. The number of benzene rings is 1. The van der Waals surface area contributed by atoms with Gasteiger partial charge in [0.1, 0.15) is 0 Å². The number of halogens is 1. The van der Waals surface area contributed by atoms with Gasteiger partial charge in [0.15, 0.2) is 0 Å². The molecule has 0 spiro atoms. The van der Waals surface area contributed by atoms with Gasteiger partial charge in [-0.15, -0.1) is 12.4 Å². The lowest BCUT2D eigenvalue weighted by Gasteiger charge is -2.21. The normalized spacial score (nSPS) is 14.2. The van der Waals surface area contributed by atoms with Crippen LogP contribution in [0.15, 0.2) is 30.3 Å². The Morgan fingerprint density at radius 1 is 1.21 bits per heavy atom. The van der Waals surface area contributed by atoms with Crippen LogP contribution >= 0.6 is 12.4 Å². The molecule has 0 atom stereocenters. The van der Waals surface area contributed by atoms with Gasteiger partial charge in [-0.05, 0) is 37.8 Å². The largest absolute Gasteiger partial charge is 0.481 e. The minimum atomic E-state index is -0.684. The Labute approximate surface area is 121 Å². The van der Waals surface area contributed by atoms with Crippen molar-refractivity contribution >= 4 is 18.4 Å². The highest BCUT2D eigenvalue weighted by atomic mass is 35.5. The van der Waals surface area contributed by atoms with E-state index in [2.05, 4.69) is 29.2 Å². The Kier molecular flexibility index (Phi) is 6.89. The summed E-state index contributed by atoms with van der Waals surface area (Å²) >= 11 is 0. The Bertz CT molecular complexity index is 379. The molecule has 1 N–H and O–H groups in total. The molecule has 0 saturated heterocycles. The van der Waals surface area contributed by atoms with Crippen LogP contribution in [0.3, 0.4) is 0 Å². The summed E-state index contributed by atoms with van der Waals surface area (Å²) in [5.41, 5.74) is 1.35. The summed E-state index contributed by atoms with van der Waals surface area (Å²) in [5.74, 6) is -0.684. The van der Waals surface area contributed by atoms with Gasteiger partial charge in [-0.2, -0.15) is 0 Å². The zero-order chi connectivity index (χ0) is 12.8. The molecule has 1 fully saturated rings. The Hall–Kier alpha value is -1.06. The maximum absolute atomic E-state index is 10.5. The summed E-state index contributed by atoms with van der Waals surface area (Å²) < 4.78 is 0. The SMILES string of the molecule is Cl.O=C(O)CCCCN(Cc1ccccc1)C1CC1. The standard InChI is InChI=1S/C15H21NO2.ClH/c17-15(18)8-4-5-11-16(14-9-10-14)12-13-6-2-1-3-7-13;/h1-3,6-7,14H,4-5,8-12H2,(H,17,18);1H. The van der Waals surface area contributed by atoms with Gasteiger partial charge < -0.3 is 5.11 Å². The Balaban J connectivity index is 0.00000180. The molecule has 0 radical (unpaired) electrons. The zero-order valence-electron chi connectivity index (χ0n) is 11.1. The molecule has 1 aliphatic rings. The number of carbonyl (C=O) groups is 1. The molecule has 0 aliphatic heterocycles. The van der Waals surface area contributed by atoms with E-state index in [1.54, 1.807) is 0 Å². The zero-order valence-corrected chi connectivity index (χ0v) is 11.9. The molecule has 1 aromatic carbocycles. The Morgan fingerprint density at radius 2 is 1.89 bits per heavy atom. The van der Waals surface area contributed by atoms with Gasteiger partial charge in [0, 0.05) is 19.0 Å². The van der Waals surface area contributed by atoms with E-state index >= 15 is 0 Å². The molecule has 3 nitrogen and oxygen atoms in total. The van der Waals surface area contributed by atoms with Crippen molar-refractivity contribution in [2.24, 2.45) is 0 Å². The van der Waals surface area contributed by atoms with Crippen molar-refractivity contribution in [3.05, 3.63) is 35.9 Å². The summed E-state index contributed by atoms with van der Waals surface area (Å²) in [7, 11) is 0. The third-order valence-electron chi connectivity index (χ3n) is 3.38. The van der Waals surface area contributed by atoms with E-state index in [0.717, 1.165) is 32.0 Å². The molecule has 4 heteroatoms. The smallest absolute Gasteiger partial charge is 0.303 e. The summed E-state index contributed by atoms with van der Waals surface area (Å²) in [5, 5.41) is 8.62. The van der Waals surface area contributed by atoms with Crippen LogP contribution in [0.2, 0.25) is 0 Å². The van der Waals surface area contributed by atoms with Crippen molar-refractivity contribution in [2.45, 2.75) is 44.7 Å². The molecule has 0 unspecified atom stereocenters. The molecular weight excluding hydrogens is 262 g/mol. The van der Waals surface area contributed by atoms with Crippen molar-refractivity contribution in [3.8, 4) is 0 Å². The average Bonchev–Trinajstić information content (AvgIpc) is 3.18. The average molecular weight is 284 g/mol. The second-order valence-electron chi connectivity index (χ2n) is 5.04. The van der Waals surface area contributed by atoms with Gasteiger partial charge in [0.2, 0.25) is 0 Å². The maximum Gasteiger partial charge on any atom is 0.303 e. The second kappa shape index (κ2) is 8.18. The summed E-state index contributed by atoms with van der Waals surface area (Å²) in [4.78, 5) is 13.0. The van der Waals surface area contributed by atoms with Crippen LogP contribution in [0.25, 0.3) is 0 Å². The third-order valence-corrected chi connectivity index (χ3v) is 3.38. The summed E-state index contributed by atoms with van der Waals surface area (Å²) in [6, 6.07) is 11.2. The summed E-state index contributed by atoms with van der Waals surface area (Å²) in [6.07, 6.45) is 4.66. The number of unbranched alkanes of at least 4 members (excludes halogenated alkanes) is 1. The highest BCUT2D eigenvalue weighted by molar-refractivity contribution is 5.85. The number of hydrogen-bond acceptors (Lipinski definition) is 2. The van der Waals surface area contributed by atoms with E-state index in [4.69, 9.17) is 5.11 Å². The molecule has 1 saturated carbocycles. The predicted octanol–water partition coefficient (Wildman–Crippen LogP) is 3.33. The monoisotopic (exact) mass is 283 g/mol. The number of hydrogen-bond donors (Lipinski definition) is 1. The molecule has 1 aromatic rings. The van der Waals surface area contributed by atoms with Crippen molar-refractivity contribution in [1.82, 2.24) is 4.90 Å². The number of nitrogens with zero attached hydrogens (tertiary/aromatic N) is 1. The minimum Gasteiger partial charge on any atom is -0.481 e. The van der Waals surface area contributed by atoms with Crippen LogP contribution in [0.5, 0.6) is 0 Å². The van der Waals surface area contributed by atoms with Crippen LogP contribution in [-0.4, -0.2) is 28.6 Å². The van der Waals surface area contributed by atoms with E-state index in [0.29, 0.717) is 6.42 Å². The van der Waals surface area contributed by atoms with Gasteiger partial charge in [-0.25, -0.2) is 0 Å². The molecule has 0 aromatic heterocycles. The number of carboxylic acid groups (broad SMARTS) is 1. The van der Waals surface area contributed by atoms with Gasteiger partial charge in [0.05, 0.1) is 0 Å². The van der Waals surface area contributed by atoms with Crippen molar-refractivity contribution in [2.75, 3.05) is 6.54 Å². The topological polar surface area (TPSA) is 40.5 Å². The predicted molar refractivity (Wildman–Crippen MR) is 78.6 cm³/mol. The quantitative estimate of drug-likeness (QED) is 0.744. The summed E-state index contributed by atoms with van der Waals surface area (Å²) in [6.45, 7) is 2.02. The van der Waals surface area contributed by atoms with Gasteiger partial charge in [-0.3, -0.25) is 9.69 Å². The van der Waals surface area contributed by atoms with Crippen LogP contribution in [-0.2, 0) is 11.3 Å². The van der Waals surface area contributed by atoms with E-state index in [1.165, 1.54) is 18.4 Å².